The number of hydrogen-bond acceptors (Lipinski definition) is 5. The number of rotatable bonds is 4. The smallest absolute Gasteiger partial charge is 0.252 e. The van der Waals surface area contributed by atoms with Crippen molar-refractivity contribution in [2.24, 2.45) is 18.2 Å². The third-order valence-electron chi connectivity index (χ3n) is 6.52. The van der Waals surface area contributed by atoms with Crippen molar-refractivity contribution in [2.75, 3.05) is 5.32 Å². The van der Waals surface area contributed by atoms with Crippen LogP contribution < -0.4 is 11.1 Å². The molecule has 0 aliphatic heterocycles. The molecule has 1 aliphatic carbocycles. The molecule has 1 aliphatic rings. The Balaban J connectivity index is 1.84. The van der Waals surface area contributed by atoms with Crippen LogP contribution in [-0.2, 0) is 7.05 Å². The van der Waals surface area contributed by atoms with Gasteiger partial charge in [0.05, 0.1) is 34.3 Å². The molecule has 4 rings (SSSR count). The second-order valence-corrected chi connectivity index (χ2v) is 8.43. The average molecular weight is 382 g/mol. The summed E-state index contributed by atoms with van der Waals surface area (Å²) in [6, 6.07) is 3.88. The van der Waals surface area contributed by atoms with Crippen molar-refractivity contribution in [1.82, 2.24) is 19.4 Å². The Morgan fingerprint density at radius 2 is 2.11 bits per heavy atom. The molecule has 3 heterocycles. The first kappa shape index (κ1) is 18.5. The van der Waals surface area contributed by atoms with E-state index >= 15 is 0 Å². The maximum absolute atomic E-state index is 12.1. The van der Waals surface area contributed by atoms with Gasteiger partial charge in [-0.2, -0.15) is 10.2 Å². The second-order valence-electron chi connectivity index (χ2n) is 8.43. The topological polar surface area (TPSA) is 110 Å². The van der Waals surface area contributed by atoms with Gasteiger partial charge in [-0.05, 0) is 31.9 Å². The Hall–Kier alpha value is -2.87. The maximum Gasteiger partial charge on any atom is 0.252 e. The summed E-state index contributed by atoms with van der Waals surface area (Å²) in [5, 5.41) is 22.9. The van der Waals surface area contributed by atoms with Crippen LogP contribution in [0.2, 0.25) is 0 Å². The fourth-order valence-electron chi connectivity index (χ4n) is 4.10. The number of anilines is 1. The minimum atomic E-state index is -0.789. The number of carbonyl (C=O) groups excluding carboxylic acids is 1. The lowest BCUT2D eigenvalue weighted by molar-refractivity contribution is -0.0283. The molecule has 0 bridgehead atoms. The van der Waals surface area contributed by atoms with E-state index in [4.69, 9.17) is 5.73 Å². The van der Waals surface area contributed by atoms with Crippen LogP contribution in [0.1, 0.15) is 44.0 Å². The van der Waals surface area contributed by atoms with Gasteiger partial charge < -0.3 is 16.2 Å². The largest absolute Gasteiger partial charge is 0.390 e. The molecule has 1 amide bonds. The number of nitrogens with one attached hydrogen (secondary N) is 1. The molecule has 2 atom stereocenters. The van der Waals surface area contributed by atoms with E-state index in [0.29, 0.717) is 17.7 Å². The number of nitrogens with zero attached hydrogens (tertiary/aromatic N) is 4. The number of aliphatic hydroxyl groups is 1. The first-order chi connectivity index (χ1) is 13.1. The van der Waals surface area contributed by atoms with Gasteiger partial charge in [-0.3, -0.25) is 9.48 Å². The van der Waals surface area contributed by atoms with Crippen molar-refractivity contribution in [1.29, 1.82) is 0 Å². The van der Waals surface area contributed by atoms with Crippen LogP contribution in [0.25, 0.3) is 16.8 Å². The zero-order valence-electron chi connectivity index (χ0n) is 16.6. The Kier molecular flexibility index (Phi) is 4.01. The molecule has 4 N–H and O–H groups in total. The van der Waals surface area contributed by atoms with E-state index in [1.807, 2.05) is 46.1 Å². The summed E-state index contributed by atoms with van der Waals surface area (Å²) in [6.45, 7) is 5.95. The van der Waals surface area contributed by atoms with Crippen molar-refractivity contribution < 1.29 is 9.90 Å². The van der Waals surface area contributed by atoms with Gasteiger partial charge in [-0.15, -0.1) is 0 Å². The quantitative estimate of drug-likeness (QED) is 0.641. The van der Waals surface area contributed by atoms with Crippen LogP contribution >= 0.6 is 0 Å². The van der Waals surface area contributed by atoms with Crippen LogP contribution in [0.15, 0.2) is 30.7 Å². The van der Waals surface area contributed by atoms with Crippen molar-refractivity contribution in [3.8, 4) is 11.3 Å². The van der Waals surface area contributed by atoms with Gasteiger partial charge in [-0.25, -0.2) is 4.52 Å². The highest BCUT2D eigenvalue weighted by Crippen LogP contribution is 2.47. The highest BCUT2D eigenvalue weighted by atomic mass is 16.3. The minimum Gasteiger partial charge on any atom is -0.390 e. The molecule has 28 heavy (non-hydrogen) atoms. The van der Waals surface area contributed by atoms with Crippen molar-refractivity contribution in [3.05, 3.63) is 36.3 Å². The fraction of sp³-hybridized carbons (Fsp3) is 0.450. The number of fused-ring (bicyclic) bond motifs is 1. The molecule has 1 saturated carbocycles. The lowest BCUT2D eigenvalue weighted by Gasteiger charge is -2.38. The van der Waals surface area contributed by atoms with Gasteiger partial charge >= 0.3 is 0 Å². The standard InChI is InChI=1S/C20H26N6O2/c1-19(2)16(5-7-20(19,3)28)24-17-13(18(21)27)10-23-26-11-12(9-15(17)26)14-6-8-22-25(14)4/h6,8-11,16,24,28H,5,7H2,1-4H3,(H2,21,27)/t16-,20+/m1/s1. The van der Waals surface area contributed by atoms with Gasteiger partial charge in [0.2, 0.25) is 0 Å². The molecule has 0 unspecified atom stereocenters. The van der Waals surface area contributed by atoms with Crippen molar-refractivity contribution in [2.45, 2.75) is 45.3 Å². The van der Waals surface area contributed by atoms with Crippen LogP contribution in [0.4, 0.5) is 5.69 Å². The van der Waals surface area contributed by atoms with Gasteiger partial charge in [-0.1, -0.05) is 13.8 Å². The molecule has 148 valence electrons. The van der Waals surface area contributed by atoms with Crippen LogP contribution in [0.5, 0.6) is 0 Å². The van der Waals surface area contributed by atoms with Crippen LogP contribution in [0, 0.1) is 5.41 Å². The third kappa shape index (κ3) is 2.67. The predicted molar refractivity (Wildman–Crippen MR) is 107 cm³/mol. The third-order valence-corrected chi connectivity index (χ3v) is 6.52. The molecular formula is C20H26N6O2. The van der Waals surface area contributed by atoms with Crippen molar-refractivity contribution in [3.63, 3.8) is 0 Å². The highest BCUT2D eigenvalue weighted by Gasteiger charge is 2.50. The van der Waals surface area contributed by atoms with Gasteiger partial charge in [0.1, 0.15) is 0 Å². The minimum absolute atomic E-state index is 0.0122. The molecule has 0 spiro atoms. The number of nitrogens with two attached hydrogens (primary N) is 1. The van der Waals surface area contributed by atoms with E-state index in [1.165, 1.54) is 6.20 Å². The summed E-state index contributed by atoms with van der Waals surface area (Å²) in [5.74, 6) is -0.539. The van der Waals surface area contributed by atoms with E-state index in [9.17, 15) is 9.90 Å². The Morgan fingerprint density at radius 1 is 1.36 bits per heavy atom. The van der Waals surface area contributed by atoms with E-state index in [0.717, 1.165) is 23.2 Å². The molecule has 8 nitrogen and oxygen atoms in total. The Labute approximate surface area is 163 Å². The predicted octanol–water partition coefficient (Wildman–Crippen LogP) is 2.19. The summed E-state index contributed by atoms with van der Waals surface area (Å²) < 4.78 is 3.52. The molecule has 0 saturated heterocycles. The van der Waals surface area contributed by atoms with Crippen molar-refractivity contribution >= 4 is 17.1 Å². The number of hydrogen-bond donors (Lipinski definition) is 3. The highest BCUT2D eigenvalue weighted by molar-refractivity contribution is 6.02. The number of carbonyl (C=O) groups is 1. The molecule has 0 aromatic carbocycles. The fourth-order valence-corrected chi connectivity index (χ4v) is 4.10. The van der Waals surface area contributed by atoms with E-state index < -0.39 is 11.5 Å². The Bertz CT molecular complexity index is 1060. The summed E-state index contributed by atoms with van der Waals surface area (Å²) >= 11 is 0. The summed E-state index contributed by atoms with van der Waals surface area (Å²) in [4.78, 5) is 12.1. The van der Waals surface area contributed by atoms with E-state index in [2.05, 4.69) is 15.5 Å². The zero-order valence-corrected chi connectivity index (χ0v) is 16.6. The molecule has 0 radical (unpaired) electrons. The maximum atomic E-state index is 12.1. The first-order valence-corrected chi connectivity index (χ1v) is 9.40. The average Bonchev–Trinajstić information content (AvgIpc) is 3.27. The van der Waals surface area contributed by atoms with Crippen LogP contribution in [0.3, 0.4) is 0 Å². The molecule has 1 fully saturated rings. The van der Waals surface area contributed by atoms with E-state index in [1.54, 1.807) is 15.4 Å². The molecule has 3 aromatic heterocycles. The second kappa shape index (κ2) is 6.07. The molecule has 8 heteroatoms. The molecule has 3 aromatic rings. The SMILES string of the molecule is Cn1nccc1-c1cc2c(N[C@@H]3CC[C@](C)(O)C3(C)C)c(C(N)=O)cnn2c1. The number of primary amides is 1. The van der Waals surface area contributed by atoms with Crippen LogP contribution in [-0.4, -0.2) is 42.1 Å². The molecular weight excluding hydrogens is 356 g/mol. The number of amides is 1. The first-order valence-electron chi connectivity index (χ1n) is 9.40. The number of aryl methyl sites for hydroxylation is 1. The van der Waals surface area contributed by atoms with E-state index in [-0.39, 0.29) is 11.5 Å². The number of aromatic nitrogens is 4. The van der Waals surface area contributed by atoms with Gasteiger partial charge in [0, 0.05) is 36.5 Å². The Morgan fingerprint density at radius 3 is 2.68 bits per heavy atom. The van der Waals surface area contributed by atoms with Gasteiger partial charge in [0.15, 0.2) is 0 Å². The lowest BCUT2D eigenvalue weighted by Crippen LogP contribution is -2.45. The summed E-state index contributed by atoms with van der Waals surface area (Å²) in [7, 11) is 1.88. The lowest BCUT2D eigenvalue weighted by atomic mass is 9.76. The normalized spacial score (nSPS) is 24.0. The van der Waals surface area contributed by atoms with Gasteiger partial charge in [0.25, 0.3) is 5.91 Å². The monoisotopic (exact) mass is 382 g/mol. The summed E-state index contributed by atoms with van der Waals surface area (Å²) in [6.07, 6.45) is 6.61. The summed E-state index contributed by atoms with van der Waals surface area (Å²) in [5.41, 5.74) is 8.10. The zero-order chi connectivity index (χ0) is 20.3.